The molecule has 19 heteroatoms. The van der Waals surface area contributed by atoms with E-state index >= 15 is 0 Å². The zero-order valence-electron chi connectivity index (χ0n) is 47.8. The minimum atomic E-state index is -1.17. The van der Waals surface area contributed by atoms with Crippen LogP contribution in [0.15, 0.2) is 60.7 Å². The molecule has 0 bridgehead atoms. The molecule has 0 aromatic heterocycles. The predicted octanol–water partition coefficient (Wildman–Crippen LogP) is 4.25. The van der Waals surface area contributed by atoms with Crippen LogP contribution in [-0.2, 0) is 56.0 Å². The average molecular weight is 1090 g/mol. The van der Waals surface area contributed by atoms with E-state index in [-0.39, 0.29) is 68.4 Å². The van der Waals surface area contributed by atoms with Crippen LogP contribution in [0.1, 0.15) is 138 Å². The lowest BCUT2D eigenvalue weighted by molar-refractivity contribution is -0.148. The number of amides is 8. The van der Waals surface area contributed by atoms with Crippen molar-refractivity contribution in [1.29, 1.82) is 0 Å². The van der Waals surface area contributed by atoms with Crippen LogP contribution >= 0.6 is 0 Å². The van der Waals surface area contributed by atoms with E-state index in [1.54, 1.807) is 13.8 Å². The summed E-state index contributed by atoms with van der Waals surface area (Å²) in [6.45, 7) is 19.3. The molecule has 2 aromatic rings. The number of carboxylic acid groups (broad SMARTS) is 1. The standard InChI is InChI=1S/C59H91N9O10/c1-11-38(9)49(60)55(73)66-51(39(10)12-2)56(74)63-43(29-35(3)4)53(71)65-50(37(7)8)58(76)68-28-20-26-47(68)57(75)67-27-19-25-46(67)54(72)61-34-42(31-40-21-15-13-16-22-40)33-48(69)62-44(32-41-23-17-14-18-24-41)52(70)64-45(59(77)78)30-36(5)6/h13-18,21-24,35-39,42-47,49-51H,11-12,19-20,25-34,60H2,1-10H3,(H,61,72)(H,62,69)(H,63,74)(H,64,70)(H,65,71)(H,66,73)(H,77,78)/t38-,39-,42+,43-,44-,45-,46-,47-,49-,50-,51-/m0/s1. The third kappa shape index (κ3) is 19.2. The summed E-state index contributed by atoms with van der Waals surface area (Å²) in [5, 5.41) is 27.0. The molecule has 9 N–H and O–H groups in total. The Bertz CT molecular complexity index is 2320. The van der Waals surface area contributed by atoms with Gasteiger partial charge in [-0.1, -0.05) is 143 Å². The van der Waals surface area contributed by atoms with Crippen LogP contribution in [0.25, 0.3) is 0 Å². The number of carbonyl (C=O) groups is 9. The van der Waals surface area contributed by atoms with Crippen LogP contribution in [0, 0.1) is 35.5 Å². The van der Waals surface area contributed by atoms with Crippen LogP contribution in [0.2, 0.25) is 0 Å². The Labute approximate surface area is 462 Å². The smallest absolute Gasteiger partial charge is 0.326 e. The lowest BCUT2D eigenvalue weighted by Crippen LogP contribution is -2.61. The van der Waals surface area contributed by atoms with Crippen molar-refractivity contribution in [3.8, 4) is 0 Å². The number of aliphatic carboxylic acids is 1. The number of hydrogen-bond donors (Lipinski definition) is 8. The number of benzene rings is 2. The summed E-state index contributed by atoms with van der Waals surface area (Å²) in [6.07, 6.45) is 3.93. The summed E-state index contributed by atoms with van der Waals surface area (Å²) in [5.74, 6) is -6.35. The van der Waals surface area contributed by atoms with Gasteiger partial charge in [-0.05, 0) is 91.6 Å². The number of rotatable bonds is 30. The molecule has 8 amide bonds. The average Bonchev–Trinajstić information content (AvgIpc) is 4.13. The number of nitrogens with one attached hydrogen (secondary N) is 6. The fourth-order valence-corrected chi connectivity index (χ4v) is 10.2. The van der Waals surface area contributed by atoms with E-state index in [0.717, 1.165) is 11.1 Å². The van der Waals surface area contributed by atoms with Gasteiger partial charge in [0.2, 0.25) is 47.3 Å². The van der Waals surface area contributed by atoms with Crippen LogP contribution in [-0.4, -0.2) is 136 Å². The predicted molar refractivity (Wildman–Crippen MR) is 299 cm³/mol. The highest BCUT2D eigenvalue weighted by Crippen LogP contribution is 2.27. The minimum absolute atomic E-state index is 0.0158. The molecule has 2 aliphatic heterocycles. The first-order valence-electron chi connectivity index (χ1n) is 28.4. The second-order valence-corrected chi connectivity index (χ2v) is 22.9. The van der Waals surface area contributed by atoms with E-state index in [2.05, 4.69) is 31.9 Å². The third-order valence-electron chi connectivity index (χ3n) is 15.2. The van der Waals surface area contributed by atoms with E-state index in [4.69, 9.17) is 5.73 Å². The lowest BCUT2D eigenvalue weighted by Gasteiger charge is -2.34. The highest BCUT2D eigenvalue weighted by atomic mass is 16.4. The third-order valence-corrected chi connectivity index (χ3v) is 15.2. The van der Waals surface area contributed by atoms with Gasteiger partial charge >= 0.3 is 5.97 Å². The molecular weight excluding hydrogens is 995 g/mol. The maximum atomic E-state index is 14.6. The second-order valence-electron chi connectivity index (χ2n) is 22.9. The molecule has 432 valence electrons. The summed E-state index contributed by atoms with van der Waals surface area (Å²) in [7, 11) is 0. The monoisotopic (exact) mass is 1090 g/mol. The maximum Gasteiger partial charge on any atom is 0.326 e. The zero-order chi connectivity index (χ0) is 57.8. The van der Waals surface area contributed by atoms with E-state index in [1.165, 1.54) is 9.80 Å². The van der Waals surface area contributed by atoms with Crippen molar-refractivity contribution in [3.05, 3.63) is 71.8 Å². The Balaban J connectivity index is 1.47. The van der Waals surface area contributed by atoms with E-state index in [9.17, 15) is 48.3 Å². The number of carbonyl (C=O) groups excluding carboxylic acids is 8. The van der Waals surface area contributed by atoms with Gasteiger partial charge in [0, 0.05) is 32.5 Å². The molecule has 4 rings (SSSR count). The summed E-state index contributed by atoms with van der Waals surface area (Å²) in [5.41, 5.74) is 7.90. The number of nitrogens with zero attached hydrogens (tertiary/aromatic N) is 2. The Morgan fingerprint density at radius 3 is 1.65 bits per heavy atom. The number of nitrogens with two attached hydrogens (primary N) is 1. The highest BCUT2D eigenvalue weighted by Gasteiger charge is 2.45. The van der Waals surface area contributed by atoms with Gasteiger partial charge in [-0.2, -0.15) is 0 Å². The molecule has 2 aromatic carbocycles. The normalized spacial score (nSPS) is 18.9. The van der Waals surface area contributed by atoms with Gasteiger partial charge < -0.3 is 52.5 Å². The van der Waals surface area contributed by atoms with Gasteiger partial charge in [0.05, 0.1) is 6.04 Å². The van der Waals surface area contributed by atoms with Crippen molar-refractivity contribution in [2.75, 3.05) is 19.6 Å². The van der Waals surface area contributed by atoms with Crippen molar-refractivity contribution in [3.63, 3.8) is 0 Å². The SMILES string of the molecule is CC[C@H](C)[C@H](N)C(=O)N[C@H](C(=O)N[C@@H](CC(C)C)C(=O)N[C@H](C(=O)N1CCC[C@H]1C(=O)N1CCC[C@H]1C(=O)NC[C@@H](CC(=O)N[C@@H](Cc1ccccc1)C(=O)N[C@@H](CC(C)C)C(=O)O)Cc1ccccc1)C(C)C)[C@@H](C)CC. The van der Waals surface area contributed by atoms with Crippen molar-refractivity contribution in [2.45, 2.75) is 188 Å². The molecule has 19 nitrogen and oxygen atoms in total. The van der Waals surface area contributed by atoms with Crippen LogP contribution in [0.3, 0.4) is 0 Å². The first-order valence-corrected chi connectivity index (χ1v) is 28.4. The van der Waals surface area contributed by atoms with Gasteiger partial charge in [0.1, 0.15) is 42.3 Å². The summed E-state index contributed by atoms with van der Waals surface area (Å²) >= 11 is 0. The van der Waals surface area contributed by atoms with E-state index in [1.807, 2.05) is 116 Å². The van der Waals surface area contributed by atoms with Crippen molar-refractivity contribution >= 4 is 53.2 Å². The molecule has 2 saturated heterocycles. The Hall–Kier alpha value is -6.37. The van der Waals surface area contributed by atoms with E-state index in [0.29, 0.717) is 51.5 Å². The Kier molecular flexibility index (Phi) is 25.7. The van der Waals surface area contributed by atoms with Crippen LogP contribution in [0.4, 0.5) is 0 Å². The molecular formula is C59H91N9O10. The molecule has 2 aliphatic rings. The quantitative estimate of drug-likeness (QED) is 0.0548. The Morgan fingerprint density at radius 2 is 1.10 bits per heavy atom. The number of hydrogen-bond acceptors (Lipinski definition) is 10. The molecule has 2 heterocycles. The van der Waals surface area contributed by atoms with Gasteiger partial charge in [-0.25, -0.2) is 4.79 Å². The molecule has 0 aliphatic carbocycles. The minimum Gasteiger partial charge on any atom is -0.480 e. The Morgan fingerprint density at radius 1 is 0.590 bits per heavy atom. The first-order chi connectivity index (χ1) is 36.9. The lowest BCUT2D eigenvalue weighted by atomic mass is 9.94. The molecule has 11 atom stereocenters. The molecule has 0 unspecified atom stereocenters. The molecule has 0 spiro atoms. The largest absolute Gasteiger partial charge is 0.480 e. The van der Waals surface area contributed by atoms with Gasteiger partial charge in [-0.15, -0.1) is 0 Å². The topological polar surface area (TPSA) is 279 Å². The summed E-state index contributed by atoms with van der Waals surface area (Å²) in [6, 6.07) is 10.7. The van der Waals surface area contributed by atoms with Crippen molar-refractivity contribution in [2.24, 2.45) is 41.2 Å². The number of likely N-dealkylation sites (tertiary alicyclic amines) is 2. The fraction of sp³-hybridized carbons (Fsp3) is 0.644. The molecule has 0 radical (unpaired) electrons. The van der Waals surface area contributed by atoms with Crippen molar-refractivity contribution < 1.29 is 48.3 Å². The molecule has 0 saturated carbocycles. The fourth-order valence-electron chi connectivity index (χ4n) is 10.2. The highest BCUT2D eigenvalue weighted by molar-refractivity contribution is 5.97. The second kappa shape index (κ2) is 31.3. The van der Waals surface area contributed by atoms with Gasteiger partial charge in [0.25, 0.3) is 0 Å². The molecule has 2 fully saturated rings. The zero-order valence-corrected chi connectivity index (χ0v) is 47.8. The van der Waals surface area contributed by atoms with Gasteiger partial charge in [-0.3, -0.25) is 38.4 Å². The maximum absolute atomic E-state index is 14.6. The molecule has 78 heavy (non-hydrogen) atoms. The van der Waals surface area contributed by atoms with Crippen LogP contribution < -0.4 is 37.6 Å². The summed E-state index contributed by atoms with van der Waals surface area (Å²) < 4.78 is 0. The summed E-state index contributed by atoms with van der Waals surface area (Å²) in [4.78, 5) is 128. The number of carboxylic acids is 1. The van der Waals surface area contributed by atoms with E-state index < -0.39 is 107 Å². The van der Waals surface area contributed by atoms with Gasteiger partial charge in [0.15, 0.2) is 0 Å². The van der Waals surface area contributed by atoms with Crippen molar-refractivity contribution in [1.82, 2.24) is 41.7 Å². The van der Waals surface area contributed by atoms with Crippen LogP contribution in [0.5, 0.6) is 0 Å². The first kappa shape index (κ1) is 64.2.